The molecule has 1 aliphatic carbocycles. The Labute approximate surface area is 109 Å². The van der Waals surface area contributed by atoms with Crippen LogP contribution in [0.4, 0.5) is 0 Å². The highest BCUT2D eigenvalue weighted by Crippen LogP contribution is 2.26. The molecular weight excluding hydrogens is 248 g/mol. The Hall–Kier alpha value is -1.62. The Morgan fingerprint density at radius 3 is 3.06 bits per heavy atom. The SMILES string of the molecule is Cc1ccc(-c2nc(CC(=O)NC3CC3)cs2)o1. The molecule has 94 valence electrons. The molecular formula is C13H14N2O2S. The fraction of sp³-hybridized carbons (Fsp3) is 0.385. The summed E-state index contributed by atoms with van der Waals surface area (Å²) in [6, 6.07) is 4.22. The van der Waals surface area contributed by atoms with Gasteiger partial charge < -0.3 is 9.73 Å². The summed E-state index contributed by atoms with van der Waals surface area (Å²) in [5.74, 6) is 1.70. The number of aromatic nitrogens is 1. The summed E-state index contributed by atoms with van der Waals surface area (Å²) >= 11 is 1.51. The first-order valence-corrected chi connectivity index (χ1v) is 6.89. The molecule has 5 heteroatoms. The summed E-state index contributed by atoms with van der Waals surface area (Å²) < 4.78 is 5.51. The molecule has 1 N–H and O–H groups in total. The van der Waals surface area contributed by atoms with Gasteiger partial charge >= 0.3 is 0 Å². The lowest BCUT2D eigenvalue weighted by Crippen LogP contribution is -2.27. The number of aryl methyl sites for hydroxylation is 1. The maximum Gasteiger partial charge on any atom is 0.226 e. The van der Waals surface area contributed by atoms with Crippen LogP contribution in [-0.4, -0.2) is 16.9 Å². The van der Waals surface area contributed by atoms with Gasteiger partial charge in [0.2, 0.25) is 5.91 Å². The van der Waals surface area contributed by atoms with E-state index in [1.54, 1.807) is 0 Å². The highest BCUT2D eigenvalue weighted by molar-refractivity contribution is 7.13. The molecule has 0 aliphatic heterocycles. The van der Waals surface area contributed by atoms with Crippen molar-refractivity contribution in [3.05, 3.63) is 29.0 Å². The largest absolute Gasteiger partial charge is 0.459 e. The minimum atomic E-state index is 0.0602. The molecule has 3 rings (SSSR count). The van der Waals surface area contributed by atoms with Gasteiger partial charge in [0.15, 0.2) is 10.8 Å². The van der Waals surface area contributed by atoms with Gasteiger partial charge in [0.1, 0.15) is 5.76 Å². The molecule has 4 nitrogen and oxygen atoms in total. The Morgan fingerprint density at radius 1 is 1.56 bits per heavy atom. The number of carbonyl (C=O) groups excluding carboxylic acids is 1. The molecule has 1 aliphatic rings. The molecule has 0 radical (unpaired) electrons. The zero-order valence-electron chi connectivity index (χ0n) is 10.1. The molecule has 0 spiro atoms. The van der Waals surface area contributed by atoms with Crippen molar-refractivity contribution >= 4 is 17.2 Å². The average molecular weight is 262 g/mol. The topological polar surface area (TPSA) is 55.1 Å². The van der Waals surface area contributed by atoms with Gasteiger partial charge in [-0.25, -0.2) is 4.98 Å². The Morgan fingerprint density at radius 2 is 2.39 bits per heavy atom. The number of carbonyl (C=O) groups is 1. The summed E-state index contributed by atoms with van der Waals surface area (Å²) in [6.07, 6.45) is 2.58. The maximum atomic E-state index is 11.6. The van der Waals surface area contributed by atoms with E-state index in [4.69, 9.17) is 4.42 Å². The van der Waals surface area contributed by atoms with Crippen molar-refractivity contribution in [3.8, 4) is 10.8 Å². The molecule has 0 atom stereocenters. The van der Waals surface area contributed by atoms with Crippen molar-refractivity contribution in [2.45, 2.75) is 32.2 Å². The number of nitrogens with zero attached hydrogens (tertiary/aromatic N) is 1. The van der Waals surface area contributed by atoms with Crippen LogP contribution in [0.1, 0.15) is 24.3 Å². The van der Waals surface area contributed by atoms with E-state index in [1.807, 2.05) is 24.4 Å². The zero-order valence-corrected chi connectivity index (χ0v) is 10.9. The van der Waals surface area contributed by atoms with Crippen LogP contribution in [0.25, 0.3) is 10.8 Å². The summed E-state index contributed by atoms with van der Waals surface area (Å²) in [6.45, 7) is 1.90. The Bertz CT molecular complexity index is 569. The van der Waals surface area contributed by atoms with Crippen LogP contribution in [0.5, 0.6) is 0 Å². The third-order valence-corrected chi connectivity index (χ3v) is 3.69. The molecule has 2 aromatic heterocycles. The standard InChI is InChI=1S/C13H14N2O2S/c1-8-2-5-11(17-8)13-15-10(7-18-13)6-12(16)14-9-3-4-9/h2,5,7,9H,3-4,6H2,1H3,(H,14,16). The van der Waals surface area contributed by atoms with Crippen molar-refractivity contribution in [2.24, 2.45) is 0 Å². The van der Waals surface area contributed by atoms with E-state index in [1.165, 1.54) is 11.3 Å². The predicted octanol–water partition coefficient (Wildman–Crippen LogP) is 2.53. The lowest BCUT2D eigenvalue weighted by Gasteiger charge is -1.99. The summed E-state index contributed by atoms with van der Waals surface area (Å²) in [5.41, 5.74) is 0.808. The van der Waals surface area contributed by atoms with Gasteiger partial charge in [-0.3, -0.25) is 4.79 Å². The number of thiazole rings is 1. The second-order valence-electron chi connectivity index (χ2n) is 4.57. The van der Waals surface area contributed by atoms with Crippen molar-refractivity contribution in [2.75, 3.05) is 0 Å². The second-order valence-corrected chi connectivity index (χ2v) is 5.43. The van der Waals surface area contributed by atoms with Crippen LogP contribution in [0.3, 0.4) is 0 Å². The lowest BCUT2D eigenvalue weighted by atomic mass is 10.3. The average Bonchev–Trinajstić information content (AvgIpc) is 2.85. The molecule has 0 unspecified atom stereocenters. The fourth-order valence-electron chi connectivity index (χ4n) is 1.72. The van der Waals surface area contributed by atoms with E-state index in [-0.39, 0.29) is 5.91 Å². The van der Waals surface area contributed by atoms with Gasteiger partial charge in [0.05, 0.1) is 12.1 Å². The normalized spacial score (nSPS) is 14.7. The van der Waals surface area contributed by atoms with Crippen LogP contribution in [0, 0.1) is 6.92 Å². The van der Waals surface area contributed by atoms with E-state index in [9.17, 15) is 4.79 Å². The van der Waals surface area contributed by atoms with Crippen LogP contribution >= 0.6 is 11.3 Å². The van der Waals surface area contributed by atoms with Gasteiger partial charge in [-0.2, -0.15) is 0 Å². The summed E-state index contributed by atoms with van der Waals surface area (Å²) in [5, 5.41) is 5.70. The molecule has 18 heavy (non-hydrogen) atoms. The van der Waals surface area contributed by atoms with E-state index >= 15 is 0 Å². The zero-order chi connectivity index (χ0) is 12.5. The fourth-order valence-corrected chi connectivity index (χ4v) is 2.50. The first-order chi connectivity index (χ1) is 8.70. The lowest BCUT2D eigenvalue weighted by molar-refractivity contribution is -0.120. The van der Waals surface area contributed by atoms with Gasteiger partial charge in [0.25, 0.3) is 0 Å². The molecule has 0 bridgehead atoms. The van der Waals surface area contributed by atoms with Gasteiger partial charge in [-0.05, 0) is 31.9 Å². The van der Waals surface area contributed by atoms with Crippen LogP contribution in [-0.2, 0) is 11.2 Å². The van der Waals surface area contributed by atoms with Crippen LogP contribution in [0.2, 0.25) is 0 Å². The number of nitrogens with one attached hydrogen (secondary N) is 1. The Kier molecular flexibility index (Phi) is 2.91. The molecule has 1 saturated carbocycles. The smallest absolute Gasteiger partial charge is 0.226 e. The van der Waals surface area contributed by atoms with Crippen molar-refractivity contribution in [3.63, 3.8) is 0 Å². The number of hydrogen-bond acceptors (Lipinski definition) is 4. The van der Waals surface area contributed by atoms with E-state index in [0.29, 0.717) is 12.5 Å². The molecule has 0 saturated heterocycles. The number of furan rings is 1. The van der Waals surface area contributed by atoms with Crippen molar-refractivity contribution in [1.82, 2.24) is 10.3 Å². The van der Waals surface area contributed by atoms with Crippen molar-refractivity contribution in [1.29, 1.82) is 0 Å². The van der Waals surface area contributed by atoms with Gasteiger partial charge in [0, 0.05) is 11.4 Å². The third kappa shape index (κ3) is 2.61. The first kappa shape index (κ1) is 11.5. The molecule has 2 heterocycles. The molecule has 1 fully saturated rings. The minimum Gasteiger partial charge on any atom is -0.459 e. The Balaban J connectivity index is 1.67. The quantitative estimate of drug-likeness (QED) is 0.921. The number of hydrogen-bond donors (Lipinski definition) is 1. The highest BCUT2D eigenvalue weighted by atomic mass is 32.1. The van der Waals surface area contributed by atoms with Gasteiger partial charge in [-0.15, -0.1) is 11.3 Å². The van der Waals surface area contributed by atoms with E-state index in [0.717, 1.165) is 35.1 Å². The van der Waals surface area contributed by atoms with Crippen molar-refractivity contribution < 1.29 is 9.21 Å². The maximum absolute atomic E-state index is 11.6. The molecule has 1 amide bonds. The highest BCUT2D eigenvalue weighted by Gasteiger charge is 2.23. The monoisotopic (exact) mass is 262 g/mol. The second kappa shape index (κ2) is 4.57. The molecule has 2 aromatic rings. The first-order valence-electron chi connectivity index (χ1n) is 6.01. The van der Waals surface area contributed by atoms with E-state index in [2.05, 4.69) is 10.3 Å². The number of rotatable bonds is 4. The van der Waals surface area contributed by atoms with Crippen LogP contribution < -0.4 is 5.32 Å². The minimum absolute atomic E-state index is 0.0602. The molecule has 0 aromatic carbocycles. The third-order valence-electron chi connectivity index (χ3n) is 2.79. The van der Waals surface area contributed by atoms with Crippen LogP contribution in [0.15, 0.2) is 21.9 Å². The predicted molar refractivity (Wildman–Crippen MR) is 69.4 cm³/mol. The number of amides is 1. The van der Waals surface area contributed by atoms with Gasteiger partial charge in [-0.1, -0.05) is 0 Å². The van der Waals surface area contributed by atoms with E-state index < -0.39 is 0 Å². The summed E-state index contributed by atoms with van der Waals surface area (Å²) in [7, 11) is 0. The summed E-state index contributed by atoms with van der Waals surface area (Å²) in [4.78, 5) is 16.1.